The number of aromatic carboxylic acids is 1. The van der Waals surface area contributed by atoms with Crippen molar-refractivity contribution in [2.75, 3.05) is 5.73 Å². The van der Waals surface area contributed by atoms with E-state index in [0.717, 1.165) is 0 Å². The van der Waals surface area contributed by atoms with Crippen LogP contribution in [0.5, 0.6) is 0 Å². The molecule has 3 N–H and O–H groups in total. The smallest absolute Gasteiger partial charge is 0.417 e. The topological polar surface area (TPSA) is 76.2 Å². The first-order valence-corrected chi connectivity index (χ1v) is 3.38. The second kappa shape index (κ2) is 3.17. The molecule has 0 bridgehead atoms. The van der Waals surface area contributed by atoms with Gasteiger partial charge in [-0.3, -0.25) is 0 Å². The van der Waals surface area contributed by atoms with Crippen LogP contribution in [0.2, 0.25) is 0 Å². The number of hydrogen-bond acceptors (Lipinski definition) is 3. The Kier molecular flexibility index (Phi) is 2.33. The van der Waals surface area contributed by atoms with Gasteiger partial charge in [-0.05, 0) is 6.07 Å². The van der Waals surface area contributed by atoms with Gasteiger partial charge in [-0.15, -0.1) is 0 Å². The summed E-state index contributed by atoms with van der Waals surface area (Å²) in [5.74, 6) is -2.06. The quantitative estimate of drug-likeness (QED) is 0.727. The molecule has 1 rings (SSSR count). The van der Waals surface area contributed by atoms with Crippen molar-refractivity contribution >= 4 is 11.8 Å². The summed E-state index contributed by atoms with van der Waals surface area (Å²) in [7, 11) is 0. The predicted molar refractivity (Wildman–Crippen MR) is 40.6 cm³/mol. The SMILES string of the molecule is Nc1cc(C(F)(F)F)c(C(=O)O)cn1. The Bertz CT molecular complexity index is 376. The van der Waals surface area contributed by atoms with E-state index in [0.29, 0.717) is 12.3 Å². The van der Waals surface area contributed by atoms with Crippen molar-refractivity contribution < 1.29 is 23.1 Å². The van der Waals surface area contributed by atoms with Crippen molar-refractivity contribution in [3.63, 3.8) is 0 Å². The van der Waals surface area contributed by atoms with Gasteiger partial charge in [0.25, 0.3) is 0 Å². The molecule has 0 atom stereocenters. The number of nitrogens with zero attached hydrogens (tertiary/aromatic N) is 1. The second-order valence-corrected chi connectivity index (χ2v) is 2.46. The van der Waals surface area contributed by atoms with Crippen LogP contribution in [0.15, 0.2) is 12.3 Å². The van der Waals surface area contributed by atoms with Crippen LogP contribution >= 0.6 is 0 Å². The molecular weight excluding hydrogens is 201 g/mol. The number of aromatic nitrogens is 1. The van der Waals surface area contributed by atoms with Gasteiger partial charge in [-0.2, -0.15) is 13.2 Å². The van der Waals surface area contributed by atoms with Crippen LogP contribution in [0, 0.1) is 0 Å². The molecule has 0 radical (unpaired) electrons. The standard InChI is InChI=1S/C7H5F3N2O2/c8-7(9,10)4-1-5(11)12-2-3(4)6(13)14/h1-2H,(H2,11,12)(H,13,14). The van der Waals surface area contributed by atoms with Gasteiger partial charge < -0.3 is 10.8 Å². The Morgan fingerprint density at radius 3 is 2.50 bits per heavy atom. The van der Waals surface area contributed by atoms with Gasteiger partial charge in [0.05, 0.1) is 11.1 Å². The van der Waals surface area contributed by atoms with Crippen molar-refractivity contribution in [2.45, 2.75) is 6.18 Å². The number of halogens is 3. The summed E-state index contributed by atoms with van der Waals surface area (Å²) in [6.45, 7) is 0. The summed E-state index contributed by atoms with van der Waals surface area (Å²) in [5.41, 5.74) is 2.82. The van der Waals surface area contributed by atoms with Crippen LogP contribution in [0.1, 0.15) is 15.9 Å². The Labute approximate surface area is 76.2 Å². The zero-order valence-electron chi connectivity index (χ0n) is 6.67. The number of anilines is 1. The average molecular weight is 206 g/mol. The summed E-state index contributed by atoms with van der Waals surface area (Å²) < 4.78 is 36.7. The van der Waals surface area contributed by atoms with Crippen LogP contribution < -0.4 is 5.73 Å². The number of pyridine rings is 1. The van der Waals surface area contributed by atoms with Crippen molar-refractivity contribution in [1.82, 2.24) is 4.98 Å². The highest BCUT2D eigenvalue weighted by molar-refractivity contribution is 5.89. The first-order chi connectivity index (χ1) is 6.32. The minimum Gasteiger partial charge on any atom is -0.478 e. The monoisotopic (exact) mass is 206 g/mol. The number of nitrogens with two attached hydrogens (primary N) is 1. The van der Waals surface area contributed by atoms with E-state index in [1.54, 1.807) is 0 Å². The Morgan fingerprint density at radius 2 is 2.07 bits per heavy atom. The molecule has 0 aromatic carbocycles. The van der Waals surface area contributed by atoms with Gasteiger partial charge in [0.15, 0.2) is 0 Å². The minimum atomic E-state index is -4.75. The largest absolute Gasteiger partial charge is 0.478 e. The molecule has 1 aromatic rings. The van der Waals surface area contributed by atoms with E-state index in [4.69, 9.17) is 10.8 Å². The number of rotatable bonds is 1. The molecule has 7 heteroatoms. The van der Waals surface area contributed by atoms with Crippen LogP contribution in [-0.2, 0) is 6.18 Å². The van der Waals surface area contributed by atoms with Gasteiger partial charge in [0.1, 0.15) is 5.82 Å². The minimum absolute atomic E-state index is 0.373. The summed E-state index contributed by atoms with van der Waals surface area (Å²) in [4.78, 5) is 13.7. The van der Waals surface area contributed by atoms with Crippen molar-refractivity contribution in [2.24, 2.45) is 0 Å². The Morgan fingerprint density at radius 1 is 1.50 bits per heavy atom. The number of alkyl halides is 3. The van der Waals surface area contributed by atoms with E-state index in [-0.39, 0.29) is 5.82 Å². The Balaban J connectivity index is 3.38. The lowest BCUT2D eigenvalue weighted by Crippen LogP contribution is -2.14. The number of carboxylic acid groups (broad SMARTS) is 1. The molecule has 0 saturated heterocycles. The normalized spacial score (nSPS) is 11.4. The van der Waals surface area contributed by atoms with Gasteiger partial charge in [0, 0.05) is 6.20 Å². The molecule has 4 nitrogen and oxygen atoms in total. The predicted octanol–water partition coefficient (Wildman–Crippen LogP) is 1.38. The number of carbonyl (C=O) groups is 1. The lowest BCUT2D eigenvalue weighted by atomic mass is 10.1. The van der Waals surface area contributed by atoms with Gasteiger partial charge in [-0.1, -0.05) is 0 Å². The molecule has 1 heterocycles. The maximum absolute atomic E-state index is 12.2. The number of carboxylic acids is 1. The molecule has 76 valence electrons. The van der Waals surface area contributed by atoms with Crippen molar-refractivity contribution in [1.29, 1.82) is 0 Å². The fourth-order valence-electron chi connectivity index (χ4n) is 0.876. The van der Waals surface area contributed by atoms with Gasteiger partial charge in [-0.25, -0.2) is 9.78 Å². The molecule has 0 fully saturated rings. The maximum atomic E-state index is 12.2. The highest BCUT2D eigenvalue weighted by atomic mass is 19.4. The zero-order chi connectivity index (χ0) is 10.9. The fraction of sp³-hybridized carbons (Fsp3) is 0.143. The lowest BCUT2D eigenvalue weighted by Gasteiger charge is -2.09. The molecule has 0 saturated carbocycles. The molecule has 14 heavy (non-hydrogen) atoms. The molecule has 0 aliphatic rings. The average Bonchev–Trinajstić information content (AvgIpc) is 2.01. The first kappa shape index (κ1) is 10.3. The van der Waals surface area contributed by atoms with Crippen LogP contribution in [0.25, 0.3) is 0 Å². The Hall–Kier alpha value is -1.79. The van der Waals surface area contributed by atoms with Gasteiger partial charge >= 0.3 is 12.1 Å². The lowest BCUT2D eigenvalue weighted by molar-refractivity contribution is -0.138. The van der Waals surface area contributed by atoms with Crippen LogP contribution in [0.3, 0.4) is 0 Å². The molecule has 0 spiro atoms. The number of nitrogen functional groups attached to an aromatic ring is 1. The fourth-order valence-corrected chi connectivity index (χ4v) is 0.876. The molecular formula is C7H5F3N2O2. The van der Waals surface area contributed by atoms with E-state index in [2.05, 4.69) is 4.98 Å². The maximum Gasteiger partial charge on any atom is 0.417 e. The second-order valence-electron chi connectivity index (χ2n) is 2.46. The third-order valence-electron chi connectivity index (χ3n) is 1.46. The highest BCUT2D eigenvalue weighted by Gasteiger charge is 2.35. The first-order valence-electron chi connectivity index (χ1n) is 3.38. The van der Waals surface area contributed by atoms with E-state index in [1.807, 2.05) is 0 Å². The van der Waals surface area contributed by atoms with Crippen molar-refractivity contribution in [3.05, 3.63) is 23.4 Å². The van der Waals surface area contributed by atoms with Crippen molar-refractivity contribution in [3.8, 4) is 0 Å². The highest BCUT2D eigenvalue weighted by Crippen LogP contribution is 2.32. The molecule has 1 aromatic heterocycles. The van der Waals surface area contributed by atoms with Crippen LogP contribution in [0.4, 0.5) is 19.0 Å². The zero-order valence-corrected chi connectivity index (χ0v) is 6.67. The number of hydrogen-bond donors (Lipinski definition) is 2. The third-order valence-corrected chi connectivity index (χ3v) is 1.46. The summed E-state index contributed by atoms with van der Waals surface area (Å²) >= 11 is 0. The van der Waals surface area contributed by atoms with Gasteiger partial charge in [0.2, 0.25) is 0 Å². The summed E-state index contributed by atoms with van der Waals surface area (Å²) in [6, 6.07) is 0.490. The molecule has 0 unspecified atom stereocenters. The van der Waals surface area contributed by atoms with E-state index in [1.165, 1.54) is 0 Å². The molecule has 0 amide bonds. The van der Waals surface area contributed by atoms with Crippen LogP contribution in [-0.4, -0.2) is 16.1 Å². The van der Waals surface area contributed by atoms with E-state index in [9.17, 15) is 18.0 Å². The third kappa shape index (κ3) is 1.93. The summed E-state index contributed by atoms with van der Waals surface area (Å²) in [6.07, 6.45) is -4.16. The molecule has 0 aliphatic carbocycles. The van der Waals surface area contributed by atoms with E-state index < -0.39 is 23.3 Å². The summed E-state index contributed by atoms with van der Waals surface area (Å²) in [5, 5.41) is 8.44. The van der Waals surface area contributed by atoms with E-state index >= 15 is 0 Å². The molecule has 0 aliphatic heterocycles.